The number of nitrogens with zero attached hydrogens (tertiary/aromatic N) is 2. The van der Waals surface area contributed by atoms with Gasteiger partial charge in [0.15, 0.2) is 0 Å². The van der Waals surface area contributed by atoms with Gasteiger partial charge in [-0.2, -0.15) is 0 Å². The second kappa shape index (κ2) is 6.84. The van der Waals surface area contributed by atoms with Gasteiger partial charge in [-0.1, -0.05) is 18.0 Å². The summed E-state index contributed by atoms with van der Waals surface area (Å²) in [5.41, 5.74) is -0.490. The first kappa shape index (κ1) is 17.8. The second-order valence-corrected chi connectivity index (χ2v) is 8.47. The molecule has 0 radical (unpaired) electrons. The Bertz CT molecular complexity index is 737. The van der Waals surface area contributed by atoms with Crippen LogP contribution < -0.4 is 0 Å². The van der Waals surface area contributed by atoms with E-state index in [1.54, 1.807) is 4.90 Å². The topological polar surface area (TPSA) is 40.6 Å². The fourth-order valence-corrected chi connectivity index (χ4v) is 4.74. The monoisotopic (exact) mass is 378 g/mol. The van der Waals surface area contributed by atoms with Crippen LogP contribution in [0.15, 0.2) is 18.2 Å². The van der Waals surface area contributed by atoms with E-state index in [1.165, 1.54) is 37.5 Å². The molecule has 0 N–H and O–H groups in total. The molecule has 4 rings (SSSR count). The van der Waals surface area contributed by atoms with Gasteiger partial charge in [0.1, 0.15) is 5.82 Å². The van der Waals surface area contributed by atoms with E-state index in [4.69, 9.17) is 11.6 Å². The van der Waals surface area contributed by atoms with Crippen LogP contribution in [0.1, 0.15) is 48.9 Å². The van der Waals surface area contributed by atoms with Gasteiger partial charge in [-0.3, -0.25) is 9.59 Å². The van der Waals surface area contributed by atoms with Crippen LogP contribution in [0.5, 0.6) is 0 Å². The van der Waals surface area contributed by atoms with Crippen molar-refractivity contribution in [3.05, 3.63) is 34.6 Å². The van der Waals surface area contributed by atoms with Gasteiger partial charge < -0.3 is 9.80 Å². The predicted octanol–water partition coefficient (Wildman–Crippen LogP) is 3.73. The van der Waals surface area contributed by atoms with Gasteiger partial charge in [0.05, 0.1) is 11.0 Å². The SMILES string of the molecule is O=C(c1cc(Cl)ccc1F)N1CCC2(CCCN(CC3CCC3)C2=O)C1. The molecule has 2 heterocycles. The van der Waals surface area contributed by atoms with E-state index < -0.39 is 11.2 Å². The third-order valence-corrected chi connectivity index (χ3v) is 6.56. The number of piperidine rings is 1. The van der Waals surface area contributed by atoms with Crippen molar-refractivity contribution in [2.24, 2.45) is 11.3 Å². The summed E-state index contributed by atoms with van der Waals surface area (Å²) in [6.07, 6.45) is 6.16. The Morgan fingerprint density at radius 1 is 1.23 bits per heavy atom. The number of rotatable bonds is 3. The van der Waals surface area contributed by atoms with Gasteiger partial charge in [-0.05, 0) is 56.2 Å². The van der Waals surface area contributed by atoms with Crippen LogP contribution >= 0.6 is 11.6 Å². The number of hydrogen-bond acceptors (Lipinski definition) is 2. The smallest absolute Gasteiger partial charge is 0.256 e. The molecule has 1 spiro atoms. The first-order chi connectivity index (χ1) is 12.5. The lowest BCUT2D eigenvalue weighted by Gasteiger charge is -2.42. The largest absolute Gasteiger partial charge is 0.342 e. The van der Waals surface area contributed by atoms with Gasteiger partial charge in [0, 0.05) is 31.2 Å². The molecule has 4 nitrogen and oxygen atoms in total. The zero-order valence-corrected chi connectivity index (χ0v) is 15.6. The molecule has 0 bridgehead atoms. The summed E-state index contributed by atoms with van der Waals surface area (Å²) in [5, 5.41) is 0.337. The highest BCUT2D eigenvalue weighted by Crippen LogP contribution is 2.41. The van der Waals surface area contributed by atoms with E-state index in [0.717, 1.165) is 25.9 Å². The molecule has 140 valence electrons. The van der Waals surface area contributed by atoms with Crippen LogP contribution in [0.3, 0.4) is 0 Å². The summed E-state index contributed by atoms with van der Waals surface area (Å²) in [5.74, 6) is -0.0981. The summed E-state index contributed by atoms with van der Waals surface area (Å²) < 4.78 is 14.1. The number of likely N-dealkylation sites (tertiary alicyclic amines) is 2. The van der Waals surface area contributed by atoms with E-state index in [2.05, 4.69) is 0 Å². The van der Waals surface area contributed by atoms with Crippen LogP contribution in [-0.4, -0.2) is 47.8 Å². The average Bonchev–Trinajstić information content (AvgIpc) is 3.01. The fraction of sp³-hybridized carbons (Fsp3) is 0.600. The van der Waals surface area contributed by atoms with Crippen LogP contribution in [0.4, 0.5) is 4.39 Å². The van der Waals surface area contributed by atoms with Crippen LogP contribution in [-0.2, 0) is 4.79 Å². The quantitative estimate of drug-likeness (QED) is 0.804. The third-order valence-electron chi connectivity index (χ3n) is 6.33. The minimum absolute atomic E-state index is 0.0101. The Morgan fingerprint density at radius 3 is 2.77 bits per heavy atom. The van der Waals surface area contributed by atoms with E-state index in [-0.39, 0.29) is 17.4 Å². The van der Waals surface area contributed by atoms with Crippen molar-refractivity contribution in [2.45, 2.75) is 38.5 Å². The molecule has 3 fully saturated rings. The molecule has 26 heavy (non-hydrogen) atoms. The molecule has 1 aromatic carbocycles. The molecule has 0 aromatic heterocycles. The maximum Gasteiger partial charge on any atom is 0.256 e. The van der Waals surface area contributed by atoms with Crippen molar-refractivity contribution < 1.29 is 14.0 Å². The molecular weight excluding hydrogens is 355 g/mol. The lowest BCUT2D eigenvalue weighted by atomic mass is 9.77. The zero-order chi connectivity index (χ0) is 18.3. The van der Waals surface area contributed by atoms with Gasteiger partial charge >= 0.3 is 0 Å². The van der Waals surface area contributed by atoms with Crippen molar-refractivity contribution in [1.82, 2.24) is 9.80 Å². The van der Waals surface area contributed by atoms with E-state index in [0.29, 0.717) is 30.5 Å². The molecule has 1 unspecified atom stereocenters. The number of benzene rings is 1. The molecule has 1 atom stereocenters. The number of halogens is 2. The number of carbonyl (C=O) groups is 2. The zero-order valence-electron chi connectivity index (χ0n) is 14.8. The summed E-state index contributed by atoms with van der Waals surface area (Å²) in [7, 11) is 0. The minimum Gasteiger partial charge on any atom is -0.342 e. The Labute approximate surface area is 158 Å². The molecule has 2 saturated heterocycles. The Balaban J connectivity index is 1.48. The standard InChI is InChI=1S/C20H24ClFN2O2/c21-15-5-6-17(22)16(11-15)18(25)24-10-8-20(13-24)7-2-9-23(19(20)26)12-14-3-1-4-14/h5-6,11,14H,1-4,7-10,12-13H2. The normalized spacial score (nSPS) is 26.5. The number of hydrogen-bond donors (Lipinski definition) is 0. The molecule has 1 aromatic rings. The predicted molar refractivity (Wildman–Crippen MR) is 97.5 cm³/mol. The van der Waals surface area contributed by atoms with Crippen LogP contribution in [0.2, 0.25) is 5.02 Å². The van der Waals surface area contributed by atoms with Gasteiger partial charge in [0.25, 0.3) is 5.91 Å². The third kappa shape index (κ3) is 3.11. The van der Waals surface area contributed by atoms with Crippen LogP contribution in [0, 0.1) is 17.2 Å². The van der Waals surface area contributed by atoms with Gasteiger partial charge in [-0.15, -0.1) is 0 Å². The second-order valence-electron chi connectivity index (χ2n) is 8.03. The van der Waals surface area contributed by atoms with Gasteiger partial charge in [-0.25, -0.2) is 4.39 Å². The van der Waals surface area contributed by atoms with E-state index in [9.17, 15) is 14.0 Å². The van der Waals surface area contributed by atoms with Crippen molar-refractivity contribution in [1.29, 1.82) is 0 Å². The van der Waals surface area contributed by atoms with E-state index >= 15 is 0 Å². The Kier molecular flexibility index (Phi) is 4.68. The molecular formula is C20H24ClFN2O2. The minimum atomic E-state index is -0.568. The highest BCUT2D eigenvalue weighted by atomic mass is 35.5. The Morgan fingerprint density at radius 2 is 2.04 bits per heavy atom. The van der Waals surface area contributed by atoms with E-state index in [1.807, 2.05) is 4.90 Å². The number of carbonyl (C=O) groups excluding carboxylic acids is 2. The molecule has 2 amide bonds. The first-order valence-corrected chi connectivity index (χ1v) is 9.90. The number of amides is 2. The molecule has 2 aliphatic heterocycles. The molecule has 1 saturated carbocycles. The summed E-state index contributed by atoms with van der Waals surface area (Å²) in [6.45, 7) is 2.57. The molecule has 6 heteroatoms. The molecule has 1 aliphatic carbocycles. The molecule has 3 aliphatic rings. The highest BCUT2D eigenvalue weighted by Gasteiger charge is 2.49. The van der Waals surface area contributed by atoms with Crippen molar-refractivity contribution in [3.63, 3.8) is 0 Å². The summed E-state index contributed by atoms with van der Waals surface area (Å²) in [6, 6.07) is 4.02. The maximum absolute atomic E-state index is 14.1. The highest BCUT2D eigenvalue weighted by molar-refractivity contribution is 6.31. The first-order valence-electron chi connectivity index (χ1n) is 9.52. The van der Waals surface area contributed by atoms with Crippen molar-refractivity contribution >= 4 is 23.4 Å². The lowest BCUT2D eigenvalue weighted by molar-refractivity contribution is -0.146. The summed E-state index contributed by atoms with van der Waals surface area (Å²) >= 11 is 5.92. The Hall–Kier alpha value is -1.62. The maximum atomic E-state index is 14.1. The average molecular weight is 379 g/mol. The lowest BCUT2D eigenvalue weighted by Crippen LogP contribution is -2.52. The summed E-state index contributed by atoms with van der Waals surface area (Å²) in [4.78, 5) is 29.6. The van der Waals surface area contributed by atoms with Crippen molar-refractivity contribution in [2.75, 3.05) is 26.2 Å². The fourth-order valence-electron chi connectivity index (χ4n) is 4.57. The van der Waals surface area contributed by atoms with Crippen LogP contribution in [0.25, 0.3) is 0 Å². The van der Waals surface area contributed by atoms with Gasteiger partial charge in [0.2, 0.25) is 5.91 Å². The van der Waals surface area contributed by atoms with Crippen molar-refractivity contribution in [3.8, 4) is 0 Å².